The second kappa shape index (κ2) is 3.94. The van der Waals surface area contributed by atoms with Crippen LogP contribution in [0.25, 0.3) is 11.3 Å². The number of benzene rings is 1. The summed E-state index contributed by atoms with van der Waals surface area (Å²) in [6.45, 7) is 0. The van der Waals surface area contributed by atoms with E-state index in [9.17, 15) is 4.39 Å². The molecule has 5 heteroatoms. The molecule has 0 spiro atoms. The maximum Gasteiger partial charge on any atom is 0.172 e. The highest BCUT2D eigenvalue weighted by molar-refractivity contribution is 7.98. The number of hydrogen-bond donors (Lipinski definition) is 1. The molecule has 15 heavy (non-hydrogen) atoms. The van der Waals surface area contributed by atoms with Crippen LogP contribution in [-0.2, 0) is 0 Å². The Hall–Kier alpha value is -1.49. The number of nitrogens with two attached hydrogens (primary N) is 1. The normalized spacial score (nSPS) is 10.5. The van der Waals surface area contributed by atoms with Crippen LogP contribution in [0.3, 0.4) is 0 Å². The number of nitrogens with zero attached hydrogens (tertiary/aromatic N) is 1. The average molecular weight is 224 g/mol. The van der Waals surface area contributed by atoms with Gasteiger partial charge >= 0.3 is 0 Å². The molecule has 1 aromatic heterocycles. The first-order valence-electron chi connectivity index (χ1n) is 4.27. The number of nitrogen functional groups attached to an aromatic ring is 1. The summed E-state index contributed by atoms with van der Waals surface area (Å²) in [7, 11) is 0. The molecule has 1 heterocycles. The molecule has 0 amide bonds. The molecular formula is C10H9FN2OS. The van der Waals surface area contributed by atoms with Gasteiger partial charge in [0.1, 0.15) is 5.82 Å². The van der Waals surface area contributed by atoms with Crippen LogP contribution in [0.2, 0.25) is 0 Å². The summed E-state index contributed by atoms with van der Waals surface area (Å²) in [5.74, 6) is 0.258. The quantitative estimate of drug-likeness (QED) is 0.797. The van der Waals surface area contributed by atoms with E-state index in [-0.39, 0.29) is 11.6 Å². The van der Waals surface area contributed by atoms with Crippen LogP contribution in [0, 0.1) is 5.82 Å². The minimum absolute atomic E-state index is 0.248. The molecule has 0 radical (unpaired) electrons. The summed E-state index contributed by atoms with van der Waals surface area (Å²) in [5, 5.41) is 3.51. The van der Waals surface area contributed by atoms with Crippen molar-refractivity contribution in [1.82, 2.24) is 5.16 Å². The van der Waals surface area contributed by atoms with E-state index >= 15 is 0 Å². The van der Waals surface area contributed by atoms with E-state index in [1.54, 1.807) is 6.07 Å². The first-order valence-corrected chi connectivity index (χ1v) is 5.49. The smallest absolute Gasteiger partial charge is 0.172 e. The Bertz CT molecular complexity index is 484. The molecule has 78 valence electrons. The van der Waals surface area contributed by atoms with Crippen LogP contribution in [0.5, 0.6) is 0 Å². The number of halogens is 1. The molecule has 0 saturated carbocycles. The zero-order chi connectivity index (χ0) is 10.8. The molecule has 0 fully saturated rings. The minimum Gasteiger partial charge on any atom is -0.381 e. The highest BCUT2D eigenvalue weighted by Gasteiger charge is 2.10. The van der Waals surface area contributed by atoms with Crippen molar-refractivity contribution in [1.29, 1.82) is 0 Å². The lowest BCUT2D eigenvalue weighted by molar-refractivity contribution is 0.433. The van der Waals surface area contributed by atoms with Crippen LogP contribution in [0.4, 0.5) is 10.2 Å². The predicted octanol–water partition coefficient (Wildman–Crippen LogP) is 2.78. The molecule has 0 atom stereocenters. The van der Waals surface area contributed by atoms with Gasteiger partial charge in [-0.05, 0) is 24.5 Å². The van der Waals surface area contributed by atoms with Gasteiger partial charge in [-0.1, -0.05) is 5.16 Å². The number of hydrogen-bond acceptors (Lipinski definition) is 4. The van der Waals surface area contributed by atoms with Crippen LogP contribution in [0.15, 0.2) is 33.7 Å². The molecular weight excluding hydrogens is 215 g/mol. The number of aromatic nitrogens is 1. The third-order valence-corrected chi connectivity index (χ3v) is 2.70. The molecule has 0 aliphatic rings. The summed E-state index contributed by atoms with van der Waals surface area (Å²) in [4.78, 5) is 0.865. The van der Waals surface area contributed by atoms with Crippen molar-refractivity contribution in [3.63, 3.8) is 0 Å². The van der Waals surface area contributed by atoms with Gasteiger partial charge in [0.15, 0.2) is 11.6 Å². The molecule has 3 nitrogen and oxygen atoms in total. The lowest BCUT2D eigenvalue weighted by atomic mass is 10.1. The van der Waals surface area contributed by atoms with Crippen LogP contribution >= 0.6 is 11.8 Å². The van der Waals surface area contributed by atoms with Crippen molar-refractivity contribution >= 4 is 17.6 Å². The van der Waals surface area contributed by atoms with E-state index in [0.29, 0.717) is 11.3 Å². The van der Waals surface area contributed by atoms with E-state index in [1.807, 2.05) is 12.3 Å². The molecule has 0 unspecified atom stereocenters. The second-order valence-corrected chi connectivity index (χ2v) is 3.84. The number of anilines is 1. The maximum absolute atomic E-state index is 13.6. The maximum atomic E-state index is 13.6. The van der Waals surface area contributed by atoms with Crippen LogP contribution in [-0.4, -0.2) is 11.4 Å². The van der Waals surface area contributed by atoms with Crippen molar-refractivity contribution in [2.45, 2.75) is 4.90 Å². The van der Waals surface area contributed by atoms with Gasteiger partial charge in [0.2, 0.25) is 0 Å². The Morgan fingerprint density at radius 3 is 2.73 bits per heavy atom. The molecule has 2 rings (SSSR count). The standard InChI is InChI=1S/C10H9FN2OS/c1-15-6-2-3-7(8(11)4-6)9-5-10(12)13-14-9/h2-5H,1H3,(H2,12,13). The van der Waals surface area contributed by atoms with Crippen LogP contribution < -0.4 is 5.73 Å². The Balaban J connectivity index is 2.45. The highest BCUT2D eigenvalue weighted by atomic mass is 32.2. The van der Waals surface area contributed by atoms with Gasteiger partial charge in [-0.3, -0.25) is 0 Å². The van der Waals surface area contributed by atoms with Gasteiger partial charge in [0.05, 0.1) is 5.56 Å². The van der Waals surface area contributed by atoms with Crippen molar-refractivity contribution in [2.24, 2.45) is 0 Å². The fraction of sp³-hybridized carbons (Fsp3) is 0.100. The van der Waals surface area contributed by atoms with Gasteiger partial charge in [0.25, 0.3) is 0 Å². The molecule has 0 bridgehead atoms. The van der Waals surface area contributed by atoms with Gasteiger partial charge < -0.3 is 10.3 Å². The van der Waals surface area contributed by atoms with Gasteiger partial charge in [-0.25, -0.2) is 4.39 Å². The number of rotatable bonds is 2. The fourth-order valence-corrected chi connectivity index (χ4v) is 1.66. The third kappa shape index (κ3) is 1.97. The van der Waals surface area contributed by atoms with E-state index in [0.717, 1.165) is 4.90 Å². The van der Waals surface area contributed by atoms with Gasteiger partial charge in [-0.2, -0.15) is 0 Å². The van der Waals surface area contributed by atoms with Crippen LogP contribution in [0.1, 0.15) is 0 Å². The predicted molar refractivity (Wildman–Crippen MR) is 58.1 cm³/mol. The van der Waals surface area contributed by atoms with E-state index in [1.165, 1.54) is 23.9 Å². The molecule has 2 N–H and O–H groups in total. The van der Waals surface area contributed by atoms with Crippen molar-refractivity contribution in [3.05, 3.63) is 30.1 Å². The Morgan fingerprint density at radius 2 is 2.20 bits per heavy atom. The Kier molecular flexibility index (Phi) is 2.64. The summed E-state index contributed by atoms with van der Waals surface area (Å²) in [5.41, 5.74) is 5.76. The average Bonchev–Trinajstić information content (AvgIpc) is 2.64. The minimum atomic E-state index is -0.335. The zero-order valence-electron chi connectivity index (χ0n) is 8.03. The highest BCUT2D eigenvalue weighted by Crippen LogP contribution is 2.27. The fourth-order valence-electron chi connectivity index (χ4n) is 1.24. The van der Waals surface area contributed by atoms with Crippen molar-refractivity contribution < 1.29 is 8.91 Å². The summed E-state index contributed by atoms with van der Waals surface area (Å²) < 4.78 is 18.5. The molecule has 0 aliphatic carbocycles. The molecule has 0 aliphatic heterocycles. The molecule has 1 aromatic carbocycles. The zero-order valence-corrected chi connectivity index (χ0v) is 8.84. The lowest BCUT2D eigenvalue weighted by Gasteiger charge is -2.00. The number of thioether (sulfide) groups is 1. The van der Waals surface area contributed by atoms with E-state index in [2.05, 4.69) is 5.16 Å². The van der Waals surface area contributed by atoms with E-state index in [4.69, 9.17) is 10.3 Å². The second-order valence-electron chi connectivity index (χ2n) is 2.96. The first-order chi connectivity index (χ1) is 7.20. The first kappa shape index (κ1) is 10.0. The van der Waals surface area contributed by atoms with Crippen molar-refractivity contribution in [3.8, 4) is 11.3 Å². The van der Waals surface area contributed by atoms with Gasteiger partial charge in [0, 0.05) is 11.0 Å². The molecule has 2 aromatic rings. The summed E-state index contributed by atoms with van der Waals surface area (Å²) in [6, 6.07) is 6.43. The van der Waals surface area contributed by atoms with E-state index < -0.39 is 0 Å². The lowest BCUT2D eigenvalue weighted by Crippen LogP contribution is -1.83. The monoisotopic (exact) mass is 224 g/mol. The Labute approximate surface area is 90.4 Å². The summed E-state index contributed by atoms with van der Waals surface area (Å²) in [6.07, 6.45) is 1.89. The SMILES string of the molecule is CSc1ccc(-c2cc(N)no2)c(F)c1. The largest absolute Gasteiger partial charge is 0.381 e. The Morgan fingerprint density at radius 1 is 1.40 bits per heavy atom. The topological polar surface area (TPSA) is 52.0 Å². The van der Waals surface area contributed by atoms with Gasteiger partial charge in [-0.15, -0.1) is 11.8 Å². The third-order valence-electron chi connectivity index (χ3n) is 1.97. The van der Waals surface area contributed by atoms with Crippen molar-refractivity contribution in [2.75, 3.05) is 12.0 Å². The summed E-state index contributed by atoms with van der Waals surface area (Å²) >= 11 is 1.48. The molecule has 0 saturated heterocycles.